The molecule has 24 heavy (non-hydrogen) atoms. The van der Waals surface area contributed by atoms with Crippen LogP contribution in [0.3, 0.4) is 0 Å². The Morgan fingerprint density at radius 3 is 1.50 bits per heavy atom. The van der Waals surface area contributed by atoms with E-state index in [-0.39, 0.29) is 24.9 Å². The van der Waals surface area contributed by atoms with E-state index in [2.05, 4.69) is 88.7 Å². The van der Waals surface area contributed by atoms with Gasteiger partial charge in [-0.2, -0.15) is 5.92 Å². The van der Waals surface area contributed by atoms with Crippen molar-refractivity contribution in [2.45, 2.75) is 13.8 Å². The molecule has 10 radical (unpaired) electrons. The Balaban J connectivity index is -0.0000000950. The van der Waals surface area contributed by atoms with Crippen molar-refractivity contribution in [1.29, 1.82) is 0 Å². The summed E-state index contributed by atoms with van der Waals surface area (Å²) >= 11 is 1.82. The van der Waals surface area contributed by atoms with Crippen LogP contribution < -0.4 is 0 Å². The molecule has 0 aromatic carbocycles. The van der Waals surface area contributed by atoms with E-state index < -0.39 is 0 Å². The van der Waals surface area contributed by atoms with Crippen molar-refractivity contribution in [2.75, 3.05) is 0 Å². The molecule has 0 bridgehead atoms. The van der Waals surface area contributed by atoms with Gasteiger partial charge in [-0.25, -0.2) is 6.42 Å². The summed E-state index contributed by atoms with van der Waals surface area (Å²) in [4.78, 5) is 0. The molecule has 0 atom stereocenters. The summed E-state index contributed by atoms with van der Waals surface area (Å²) in [6.07, 6.45) is 17.9. The summed E-state index contributed by atoms with van der Waals surface area (Å²) in [5.41, 5.74) is 0.0903. The standard InChI is InChI=1S/C13H13.4CO.ClH.2Ru/c1-13(2,11-7-3-4-8-11)12-9-5-6-10-12;4*1-2;;;/h3-9H,1-2H3;;;;;1H;;/q-1;;;;;;2*+2/p-1. The van der Waals surface area contributed by atoms with Gasteiger partial charge in [-0.15, -0.1) is 0 Å². The molecule has 7 heteroatoms. The number of halogens is 1. The second-order valence-electron chi connectivity index (χ2n) is 3.88. The molecule has 0 unspecified atom stereocenters. The van der Waals surface area contributed by atoms with Gasteiger partial charge in [0.2, 0.25) is 0 Å². The van der Waals surface area contributed by atoms with E-state index in [0.29, 0.717) is 0 Å². The number of hydrogen-bond donors (Lipinski definition) is 0. The fraction of sp³-hybridized carbons (Fsp3) is 0.176. The topological polar surface area (TPSA) is 79.6 Å². The Bertz CT molecular complexity index is 274. The third-order valence-corrected chi connectivity index (χ3v) is 2.66. The smallest absolute Gasteiger partial charge is 2.00 e. The maximum absolute atomic E-state index is 7.50. The minimum atomic E-state index is 0. The van der Waals surface area contributed by atoms with Gasteiger partial charge in [-0.3, -0.25) is 0 Å². The zero-order chi connectivity index (χ0) is 19.3. The molecule has 2 saturated carbocycles. The molecule has 2 rings (SSSR count). The normalized spacial score (nSPS) is 15.3. The zero-order valence-electron chi connectivity index (χ0n) is 12.8. The maximum atomic E-state index is 7.50. The van der Waals surface area contributed by atoms with Crippen LogP contribution in [0.2, 0.25) is 0 Å². The summed E-state index contributed by atoms with van der Waals surface area (Å²) in [5.74, 6) is 2.62. The molecular formula is C17H13ClO4Ru2+2. The predicted octanol–water partition coefficient (Wildman–Crippen LogP) is 3.23. The van der Waals surface area contributed by atoms with Crippen molar-refractivity contribution in [2.24, 2.45) is 5.41 Å². The fourth-order valence-corrected chi connectivity index (χ4v) is 1.67. The van der Waals surface area contributed by atoms with Crippen molar-refractivity contribution < 1.29 is 55.4 Å². The molecular weight excluding hydrogens is 506 g/mol. The zero-order valence-corrected chi connectivity index (χ0v) is 17.0. The van der Waals surface area contributed by atoms with Crippen molar-refractivity contribution in [1.82, 2.24) is 0 Å². The van der Waals surface area contributed by atoms with E-state index in [1.807, 2.05) is 30.2 Å². The molecule has 0 saturated heterocycles. The van der Waals surface area contributed by atoms with Crippen LogP contribution in [0.5, 0.6) is 0 Å². The van der Waals surface area contributed by atoms with Gasteiger partial charge in [-0.1, -0.05) is 32.1 Å². The average molecular weight is 519 g/mol. The Morgan fingerprint density at radius 1 is 0.833 bits per heavy atom. The fourth-order valence-electron chi connectivity index (χ4n) is 1.67. The van der Waals surface area contributed by atoms with E-state index in [1.54, 1.807) is 0 Å². The van der Waals surface area contributed by atoms with Crippen LogP contribution >= 0.6 is 9.69 Å². The van der Waals surface area contributed by atoms with Crippen LogP contribution in [0.1, 0.15) is 13.8 Å². The Morgan fingerprint density at radius 2 is 1.21 bits per heavy atom. The van der Waals surface area contributed by atoms with Crippen molar-refractivity contribution in [3.05, 3.63) is 89.8 Å². The van der Waals surface area contributed by atoms with Gasteiger partial charge in [0.25, 0.3) is 0 Å². The predicted molar refractivity (Wildman–Crippen MR) is 75.2 cm³/mol. The Hall–Kier alpha value is 0.497. The van der Waals surface area contributed by atoms with Gasteiger partial charge in [0.05, 0.1) is 0 Å². The average Bonchev–Trinajstić information content (AvgIpc) is 3.38. The molecule has 2 aliphatic rings. The van der Waals surface area contributed by atoms with Gasteiger partial charge < -0.3 is 6.42 Å². The second kappa shape index (κ2) is 28.3. The molecule has 0 aromatic heterocycles. The van der Waals surface area contributed by atoms with Crippen LogP contribution in [-0.4, -0.2) is 0 Å². The molecule has 126 valence electrons. The first-order chi connectivity index (χ1) is 11.2. The van der Waals surface area contributed by atoms with E-state index in [4.69, 9.17) is 18.6 Å². The third-order valence-electron chi connectivity index (χ3n) is 2.66. The SMILES string of the molecule is CC(C)([C]1[C-][CH][CH][CH]1)[C]1[CH][CH][CH][CH]1.[C-]#[O+].[C-]#[O+].[C-]#[O+].[C-]#[O+].[Cl][Ru+].[Ru+2]. The molecule has 4 nitrogen and oxygen atoms in total. The van der Waals surface area contributed by atoms with Crippen LogP contribution in [0.25, 0.3) is 0 Å². The van der Waals surface area contributed by atoms with E-state index in [0.717, 1.165) is 0 Å². The first-order valence-electron chi connectivity index (χ1n) is 5.52. The number of rotatable bonds is 2. The van der Waals surface area contributed by atoms with Gasteiger partial charge in [0.15, 0.2) is 0 Å². The monoisotopic (exact) mass is 520 g/mol. The van der Waals surface area contributed by atoms with E-state index >= 15 is 0 Å². The molecule has 2 aliphatic carbocycles. The quantitative estimate of drug-likeness (QED) is 0.306. The van der Waals surface area contributed by atoms with Gasteiger partial charge in [-0.05, 0) is 31.6 Å². The molecule has 0 spiro atoms. The van der Waals surface area contributed by atoms with Gasteiger partial charge >= 0.3 is 91.7 Å². The van der Waals surface area contributed by atoms with Crippen molar-refractivity contribution in [3.63, 3.8) is 0 Å². The summed E-state index contributed by atoms with van der Waals surface area (Å²) in [6.45, 7) is 22.5. The largest absolute Gasteiger partial charge is 2.00 e. The van der Waals surface area contributed by atoms with Crippen LogP contribution in [0.4, 0.5) is 0 Å². The molecule has 0 heterocycles. The molecule has 0 amide bonds. The minimum absolute atomic E-state index is 0. The molecule has 0 N–H and O–H groups in total. The first kappa shape index (κ1) is 35.6. The van der Waals surface area contributed by atoms with Crippen molar-refractivity contribution in [3.8, 4) is 0 Å². The second-order valence-corrected chi connectivity index (χ2v) is 3.88. The molecule has 2 fully saturated rings. The van der Waals surface area contributed by atoms with Crippen molar-refractivity contribution >= 4 is 9.69 Å². The Kier molecular flexibility index (Phi) is 42.0. The maximum Gasteiger partial charge on any atom is 2.00 e. The molecule has 0 aliphatic heterocycles. The number of hydrogen-bond acceptors (Lipinski definition) is 0. The first-order valence-corrected chi connectivity index (χ1v) is 7.76. The van der Waals surface area contributed by atoms with Crippen LogP contribution in [0.15, 0.2) is 0 Å². The van der Waals surface area contributed by atoms with Crippen LogP contribution in [-0.2, 0) is 55.4 Å². The van der Waals surface area contributed by atoms with E-state index in [1.165, 1.54) is 11.8 Å². The van der Waals surface area contributed by atoms with E-state index in [9.17, 15) is 0 Å². The minimum Gasteiger partial charge on any atom is 2.00 e. The summed E-state index contributed by atoms with van der Waals surface area (Å²) in [6, 6.07) is 0. The Labute approximate surface area is 173 Å². The van der Waals surface area contributed by atoms with Gasteiger partial charge in [0, 0.05) is 0 Å². The molecule has 0 aromatic rings. The van der Waals surface area contributed by atoms with Crippen LogP contribution in [0, 0.1) is 95.2 Å². The third kappa shape index (κ3) is 14.8. The summed E-state index contributed by atoms with van der Waals surface area (Å²) < 4.78 is 30.0. The summed E-state index contributed by atoms with van der Waals surface area (Å²) in [5, 5.41) is 0. The van der Waals surface area contributed by atoms with Gasteiger partial charge in [0.1, 0.15) is 0 Å². The summed E-state index contributed by atoms with van der Waals surface area (Å²) in [7, 11) is 4.57.